The molecule has 1 rings (SSSR count). The molecule has 0 nitrogen and oxygen atoms in total. The van der Waals surface area contributed by atoms with E-state index in [1.807, 2.05) is 6.07 Å². The van der Waals surface area contributed by atoms with Gasteiger partial charge in [0.1, 0.15) is 0 Å². The topological polar surface area (TPSA) is 0 Å². The molecule has 0 saturated heterocycles. The number of unbranched alkanes of at least 4 members (excludes halogenated alkanes) is 1. The molecule has 11 heavy (non-hydrogen) atoms. The van der Waals surface area contributed by atoms with Crippen LogP contribution in [0.1, 0.15) is 25.3 Å². The third kappa shape index (κ3) is 3.03. The van der Waals surface area contributed by atoms with E-state index in [1.165, 1.54) is 18.4 Å². The fourth-order valence-electron chi connectivity index (χ4n) is 0.950. The zero-order valence-electron chi connectivity index (χ0n) is 6.96. The minimum atomic E-state index is 1.18. The van der Waals surface area contributed by atoms with Crippen molar-refractivity contribution in [1.82, 2.24) is 0 Å². The summed E-state index contributed by atoms with van der Waals surface area (Å²) in [6.07, 6.45) is 6.79. The third-order valence-corrected chi connectivity index (χ3v) is 1.57. The van der Waals surface area contributed by atoms with Crippen LogP contribution in [0, 0.1) is 0 Å². The molecule has 0 N–H and O–H groups in total. The highest BCUT2D eigenvalue weighted by Gasteiger charge is 1.80. The third-order valence-electron chi connectivity index (χ3n) is 1.57. The van der Waals surface area contributed by atoms with Crippen LogP contribution in [0.2, 0.25) is 0 Å². The van der Waals surface area contributed by atoms with Crippen molar-refractivity contribution in [2.45, 2.75) is 19.8 Å². The van der Waals surface area contributed by atoms with Crippen LogP contribution < -0.4 is 0 Å². The Morgan fingerprint density at radius 1 is 1.18 bits per heavy atom. The molecule has 0 atom stereocenters. The average molecular weight is 146 g/mol. The summed E-state index contributed by atoms with van der Waals surface area (Å²) in [5.41, 5.74) is 1.29. The van der Waals surface area contributed by atoms with Crippen LogP contribution in [0.3, 0.4) is 0 Å². The van der Waals surface area contributed by atoms with Gasteiger partial charge in [-0.05, 0) is 12.0 Å². The van der Waals surface area contributed by atoms with Gasteiger partial charge >= 0.3 is 0 Å². The molecule has 58 valence electrons. The minimum absolute atomic E-state index is 1.18. The van der Waals surface area contributed by atoms with Crippen molar-refractivity contribution in [3.05, 3.63) is 42.0 Å². The molecule has 0 aromatic heterocycles. The van der Waals surface area contributed by atoms with Crippen molar-refractivity contribution in [2.75, 3.05) is 0 Å². The molecule has 1 aromatic rings. The number of hydrogen-bond donors (Lipinski definition) is 0. The maximum absolute atomic E-state index is 2.22. The van der Waals surface area contributed by atoms with Crippen molar-refractivity contribution in [3.63, 3.8) is 0 Å². The number of benzene rings is 1. The van der Waals surface area contributed by atoms with Gasteiger partial charge < -0.3 is 0 Å². The Balaban J connectivity index is 2.50. The summed E-state index contributed by atoms with van der Waals surface area (Å²) in [6.45, 7) is 2.19. The van der Waals surface area contributed by atoms with Gasteiger partial charge in [-0.2, -0.15) is 0 Å². The molecule has 0 heteroatoms. The van der Waals surface area contributed by atoms with E-state index in [9.17, 15) is 0 Å². The van der Waals surface area contributed by atoms with Crippen LogP contribution in [-0.2, 0) is 0 Å². The minimum Gasteiger partial charge on any atom is -0.0840 e. The van der Waals surface area contributed by atoms with Crippen molar-refractivity contribution < 1.29 is 0 Å². The highest BCUT2D eigenvalue weighted by Crippen LogP contribution is 2.02. The Morgan fingerprint density at radius 3 is 2.55 bits per heavy atom. The van der Waals surface area contributed by atoms with Crippen molar-refractivity contribution in [1.29, 1.82) is 0 Å². The van der Waals surface area contributed by atoms with Crippen molar-refractivity contribution >= 4 is 6.08 Å². The molecule has 0 spiro atoms. The molecule has 0 fully saturated rings. The highest BCUT2D eigenvalue weighted by molar-refractivity contribution is 5.48. The van der Waals surface area contributed by atoms with Crippen LogP contribution in [0.4, 0.5) is 0 Å². The van der Waals surface area contributed by atoms with E-state index in [-0.39, 0.29) is 0 Å². The van der Waals surface area contributed by atoms with E-state index in [0.29, 0.717) is 0 Å². The molecule has 0 amide bonds. The first-order valence-electron chi connectivity index (χ1n) is 4.15. The van der Waals surface area contributed by atoms with Gasteiger partial charge in [0, 0.05) is 0 Å². The second-order valence-corrected chi connectivity index (χ2v) is 2.60. The molecular weight excluding hydrogens is 132 g/mol. The molecule has 0 radical (unpaired) electrons. The lowest BCUT2D eigenvalue weighted by Crippen LogP contribution is -1.68. The number of allylic oxidation sites excluding steroid dienone is 1. The van der Waals surface area contributed by atoms with Gasteiger partial charge in [0.05, 0.1) is 0 Å². The summed E-state index contributed by atoms with van der Waals surface area (Å²) in [5, 5.41) is 0. The van der Waals surface area contributed by atoms with Gasteiger partial charge in [-0.25, -0.2) is 0 Å². The summed E-state index contributed by atoms with van der Waals surface area (Å²) in [7, 11) is 0. The molecule has 1 aromatic carbocycles. The monoisotopic (exact) mass is 146 g/mol. The highest BCUT2D eigenvalue weighted by atomic mass is 13.9. The zero-order valence-corrected chi connectivity index (χ0v) is 6.96. The summed E-state index contributed by atoms with van der Waals surface area (Å²) in [4.78, 5) is 0. The van der Waals surface area contributed by atoms with E-state index >= 15 is 0 Å². The van der Waals surface area contributed by atoms with Crippen molar-refractivity contribution in [2.24, 2.45) is 0 Å². The standard InChI is InChI=1S/C11H14/c1-2-3-5-8-11-9-6-4-7-10-11/h4-10H,2-3H2,1H3/b8-5-. The van der Waals surface area contributed by atoms with Gasteiger partial charge in [0.2, 0.25) is 0 Å². The first-order valence-corrected chi connectivity index (χ1v) is 4.15. The smallest absolute Gasteiger partial charge is 0.0260 e. The lowest BCUT2D eigenvalue weighted by molar-refractivity contribution is 0.962. The van der Waals surface area contributed by atoms with Gasteiger partial charge in [0.15, 0.2) is 0 Å². The lowest BCUT2D eigenvalue weighted by atomic mass is 10.2. The number of rotatable bonds is 3. The SMILES string of the molecule is CCC/C=C\c1ccccc1. The van der Waals surface area contributed by atoms with Gasteiger partial charge in [-0.3, -0.25) is 0 Å². The molecule has 0 aliphatic rings. The molecule has 0 bridgehead atoms. The van der Waals surface area contributed by atoms with Gasteiger partial charge in [0.25, 0.3) is 0 Å². The van der Waals surface area contributed by atoms with Crippen LogP contribution in [-0.4, -0.2) is 0 Å². The Kier molecular flexibility index (Phi) is 3.46. The molecular formula is C11H14. The Labute approximate surface area is 68.6 Å². The molecule has 0 heterocycles. The van der Waals surface area contributed by atoms with E-state index in [0.717, 1.165) is 0 Å². The predicted octanol–water partition coefficient (Wildman–Crippen LogP) is 3.50. The molecule has 0 aliphatic carbocycles. The fraction of sp³-hybridized carbons (Fsp3) is 0.273. The van der Waals surface area contributed by atoms with Crippen LogP contribution in [0.5, 0.6) is 0 Å². The van der Waals surface area contributed by atoms with Gasteiger partial charge in [-0.1, -0.05) is 55.8 Å². The van der Waals surface area contributed by atoms with E-state index in [4.69, 9.17) is 0 Å². The second-order valence-electron chi connectivity index (χ2n) is 2.60. The van der Waals surface area contributed by atoms with Crippen LogP contribution >= 0.6 is 0 Å². The van der Waals surface area contributed by atoms with E-state index in [1.54, 1.807) is 0 Å². The van der Waals surface area contributed by atoms with Crippen molar-refractivity contribution in [3.8, 4) is 0 Å². The molecule has 0 aliphatic heterocycles. The fourth-order valence-corrected chi connectivity index (χ4v) is 0.950. The van der Waals surface area contributed by atoms with Crippen LogP contribution in [0.15, 0.2) is 36.4 Å². The Hall–Kier alpha value is -1.04. The lowest BCUT2D eigenvalue weighted by Gasteiger charge is -1.89. The quantitative estimate of drug-likeness (QED) is 0.612. The maximum Gasteiger partial charge on any atom is -0.0260 e. The predicted molar refractivity (Wildman–Crippen MR) is 50.4 cm³/mol. The zero-order chi connectivity index (χ0) is 7.94. The van der Waals surface area contributed by atoms with E-state index in [2.05, 4.69) is 43.3 Å². The summed E-state index contributed by atoms with van der Waals surface area (Å²) in [5.74, 6) is 0. The summed E-state index contributed by atoms with van der Waals surface area (Å²) < 4.78 is 0. The molecule has 0 unspecified atom stereocenters. The van der Waals surface area contributed by atoms with E-state index < -0.39 is 0 Å². The normalized spacial score (nSPS) is 10.6. The Bertz CT molecular complexity index is 209. The summed E-state index contributed by atoms with van der Waals surface area (Å²) >= 11 is 0. The van der Waals surface area contributed by atoms with Crippen LogP contribution in [0.25, 0.3) is 6.08 Å². The second kappa shape index (κ2) is 4.73. The van der Waals surface area contributed by atoms with Gasteiger partial charge in [-0.15, -0.1) is 0 Å². The summed E-state index contributed by atoms with van der Waals surface area (Å²) in [6, 6.07) is 10.4. The first kappa shape index (κ1) is 8.06. The molecule has 0 saturated carbocycles. The number of hydrogen-bond acceptors (Lipinski definition) is 0. The largest absolute Gasteiger partial charge is 0.0840 e. The first-order chi connectivity index (χ1) is 5.43. The maximum atomic E-state index is 2.22. The Morgan fingerprint density at radius 2 is 1.91 bits per heavy atom. The average Bonchev–Trinajstić information content (AvgIpc) is 2.07.